The molecule has 1 aliphatic rings. The van der Waals surface area contributed by atoms with E-state index < -0.39 is 11.7 Å². The Morgan fingerprint density at radius 3 is 2.71 bits per heavy atom. The Morgan fingerprint density at radius 1 is 1.26 bits per heavy atom. The Hall–Kier alpha value is -2.91. The number of nitrogens with zero attached hydrogens (tertiary/aromatic N) is 4. The van der Waals surface area contributed by atoms with Crippen molar-refractivity contribution in [3.8, 4) is 0 Å². The predicted octanol–water partition coefficient (Wildman–Crippen LogP) is 4.27. The standard InChI is InChI=1S/C21H19ClFN5O2.H2S/c1-11-6-14(4-5-16(11)22)27-10-12(2)28-19(21(27)30)15(7-25-28)20(29)26-18-9-24-8-17(23)13(18)3;/h4-9,12H,10H2,1-3H3,(H,26,29);1H2/t12-;/m0./s1. The Balaban J connectivity index is 0.00000272. The molecule has 0 fully saturated rings. The number of pyridine rings is 1. The molecule has 1 aliphatic heterocycles. The van der Waals surface area contributed by atoms with Gasteiger partial charge in [-0.1, -0.05) is 11.6 Å². The minimum Gasteiger partial charge on any atom is -0.320 e. The zero-order valence-corrected chi connectivity index (χ0v) is 18.9. The molecular weight excluding hydrogens is 441 g/mol. The Bertz CT molecular complexity index is 1180. The molecule has 0 bridgehead atoms. The second kappa shape index (κ2) is 8.68. The average Bonchev–Trinajstić information content (AvgIpc) is 3.17. The summed E-state index contributed by atoms with van der Waals surface area (Å²) in [5, 5.41) is 7.49. The molecule has 0 aliphatic carbocycles. The molecule has 7 nitrogen and oxygen atoms in total. The molecule has 1 atom stereocenters. The molecule has 2 aromatic heterocycles. The maximum absolute atomic E-state index is 13.8. The lowest BCUT2D eigenvalue weighted by Gasteiger charge is -2.32. The summed E-state index contributed by atoms with van der Waals surface area (Å²) in [5.41, 5.74) is 2.34. The number of amides is 2. The molecule has 10 heteroatoms. The highest BCUT2D eigenvalue weighted by atomic mass is 35.5. The van der Waals surface area contributed by atoms with E-state index in [0.29, 0.717) is 17.3 Å². The summed E-state index contributed by atoms with van der Waals surface area (Å²) < 4.78 is 15.3. The van der Waals surface area contributed by atoms with E-state index in [4.69, 9.17) is 11.6 Å². The van der Waals surface area contributed by atoms with Gasteiger partial charge in [-0.05, 0) is 44.5 Å². The molecular formula is C21H21ClFN5O2S. The van der Waals surface area contributed by atoms with Gasteiger partial charge < -0.3 is 10.2 Å². The number of halogens is 2. The van der Waals surface area contributed by atoms with Crippen LogP contribution in [-0.4, -0.2) is 33.1 Å². The molecule has 31 heavy (non-hydrogen) atoms. The van der Waals surface area contributed by atoms with Gasteiger partial charge in [-0.3, -0.25) is 19.3 Å². The number of hydrogen-bond acceptors (Lipinski definition) is 4. The van der Waals surface area contributed by atoms with Crippen LogP contribution in [0, 0.1) is 19.7 Å². The van der Waals surface area contributed by atoms with Gasteiger partial charge in [0.1, 0.15) is 11.5 Å². The highest BCUT2D eigenvalue weighted by Gasteiger charge is 2.35. The monoisotopic (exact) mass is 461 g/mol. The van der Waals surface area contributed by atoms with Gasteiger partial charge in [0.25, 0.3) is 11.8 Å². The molecule has 0 spiro atoms. The average molecular weight is 462 g/mol. The summed E-state index contributed by atoms with van der Waals surface area (Å²) in [6, 6.07) is 5.20. The number of carbonyl (C=O) groups is 2. The summed E-state index contributed by atoms with van der Waals surface area (Å²) in [6.07, 6.45) is 3.79. The number of aromatic nitrogens is 3. The van der Waals surface area contributed by atoms with Crippen LogP contribution in [0.4, 0.5) is 15.8 Å². The molecule has 1 aromatic carbocycles. The number of aryl methyl sites for hydroxylation is 1. The highest BCUT2D eigenvalue weighted by Crippen LogP contribution is 2.30. The molecule has 0 saturated carbocycles. The van der Waals surface area contributed by atoms with E-state index in [1.165, 1.54) is 19.3 Å². The fourth-order valence-corrected chi connectivity index (χ4v) is 3.58. The maximum atomic E-state index is 13.8. The molecule has 3 aromatic rings. The summed E-state index contributed by atoms with van der Waals surface area (Å²) >= 11 is 6.11. The molecule has 1 N–H and O–H groups in total. The number of anilines is 2. The van der Waals surface area contributed by atoms with Gasteiger partial charge >= 0.3 is 0 Å². The molecule has 0 unspecified atom stereocenters. The van der Waals surface area contributed by atoms with Gasteiger partial charge in [0.05, 0.1) is 35.9 Å². The van der Waals surface area contributed by atoms with E-state index in [9.17, 15) is 14.0 Å². The van der Waals surface area contributed by atoms with Crippen LogP contribution in [0.5, 0.6) is 0 Å². The van der Waals surface area contributed by atoms with Crippen molar-refractivity contribution in [2.24, 2.45) is 0 Å². The summed E-state index contributed by atoms with van der Waals surface area (Å²) in [5.74, 6) is -1.42. The zero-order valence-electron chi connectivity index (χ0n) is 17.1. The van der Waals surface area contributed by atoms with E-state index in [1.54, 1.807) is 21.7 Å². The van der Waals surface area contributed by atoms with E-state index in [0.717, 1.165) is 11.8 Å². The predicted molar refractivity (Wildman–Crippen MR) is 122 cm³/mol. The third-order valence-electron chi connectivity index (χ3n) is 5.21. The van der Waals surface area contributed by atoms with Gasteiger partial charge in [-0.25, -0.2) is 4.39 Å². The highest BCUT2D eigenvalue weighted by molar-refractivity contribution is 7.59. The number of nitrogens with one attached hydrogen (secondary N) is 1. The minimum absolute atomic E-state index is 0. The lowest BCUT2D eigenvalue weighted by atomic mass is 10.1. The summed E-state index contributed by atoms with van der Waals surface area (Å²) in [7, 11) is 0. The number of rotatable bonds is 3. The molecule has 162 valence electrons. The second-order valence-corrected chi connectivity index (χ2v) is 7.70. The van der Waals surface area contributed by atoms with Crippen LogP contribution in [0.2, 0.25) is 5.02 Å². The van der Waals surface area contributed by atoms with E-state index >= 15 is 0 Å². The van der Waals surface area contributed by atoms with Crippen molar-refractivity contribution in [2.75, 3.05) is 16.8 Å². The number of benzene rings is 1. The first-order valence-electron chi connectivity index (χ1n) is 9.35. The van der Waals surface area contributed by atoms with Crippen LogP contribution < -0.4 is 10.2 Å². The van der Waals surface area contributed by atoms with Crippen LogP contribution in [0.3, 0.4) is 0 Å². The summed E-state index contributed by atoms with van der Waals surface area (Å²) in [4.78, 5) is 31.6. The van der Waals surface area contributed by atoms with Gasteiger partial charge in [0, 0.05) is 22.8 Å². The van der Waals surface area contributed by atoms with E-state index in [-0.39, 0.29) is 48.0 Å². The molecule has 0 radical (unpaired) electrons. The van der Waals surface area contributed by atoms with Crippen molar-refractivity contribution in [3.63, 3.8) is 0 Å². The molecule has 3 heterocycles. The third kappa shape index (κ3) is 4.03. The SMILES string of the molecule is Cc1cc(N2C[C@H](C)n3ncc(C(=O)Nc4cncc(F)c4C)c3C2=O)ccc1Cl.S. The number of hydrogen-bond donors (Lipinski definition) is 1. The minimum atomic E-state index is -0.554. The number of carbonyl (C=O) groups excluding carboxylic acids is 2. The molecule has 2 amide bonds. The molecule has 0 saturated heterocycles. The van der Waals surface area contributed by atoms with Crippen molar-refractivity contribution in [3.05, 3.63) is 70.0 Å². The largest absolute Gasteiger partial charge is 0.320 e. The quantitative estimate of drug-likeness (QED) is 0.631. The first-order chi connectivity index (χ1) is 14.3. The first kappa shape index (κ1) is 22.8. The topological polar surface area (TPSA) is 80.1 Å². The lowest BCUT2D eigenvalue weighted by molar-refractivity contribution is 0.0939. The van der Waals surface area contributed by atoms with Crippen LogP contribution >= 0.6 is 25.1 Å². The van der Waals surface area contributed by atoms with Crippen molar-refractivity contribution in [1.82, 2.24) is 14.8 Å². The Morgan fingerprint density at radius 2 is 2.00 bits per heavy atom. The van der Waals surface area contributed by atoms with Crippen molar-refractivity contribution >= 4 is 48.3 Å². The van der Waals surface area contributed by atoms with Crippen LogP contribution in [0.1, 0.15) is 44.9 Å². The Labute approximate surface area is 190 Å². The zero-order chi connectivity index (χ0) is 21.6. The van der Waals surface area contributed by atoms with Crippen molar-refractivity contribution in [1.29, 1.82) is 0 Å². The lowest BCUT2D eigenvalue weighted by Crippen LogP contribution is -2.43. The van der Waals surface area contributed by atoms with Crippen LogP contribution in [-0.2, 0) is 0 Å². The van der Waals surface area contributed by atoms with E-state index in [2.05, 4.69) is 15.4 Å². The van der Waals surface area contributed by atoms with Gasteiger partial charge in [-0.2, -0.15) is 18.6 Å². The molecule has 4 rings (SSSR count). The van der Waals surface area contributed by atoms with E-state index in [1.807, 2.05) is 19.9 Å². The smallest absolute Gasteiger partial charge is 0.277 e. The maximum Gasteiger partial charge on any atom is 0.277 e. The fourth-order valence-electron chi connectivity index (χ4n) is 3.46. The fraction of sp³-hybridized carbons (Fsp3) is 0.238. The Kier molecular flexibility index (Phi) is 6.38. The van der Waals surface area contributed by atoms with Gasteiger partial charge in [0.2, 0.25) is 0 Å². The van der Waals surface area contributed by atoms with Crippen molar-refractivity contribution in [2.45, 2.75) is 26.8 Å². The van der Waals surface area contributed by atoms with Crippen LogP contribution in [0.15, 0.2) is 36.8 Å². The summed E-state index contributed by atoms with van der Waals surface area (Å²) in [6.45, 7) is 5.73. The third-order valence-corrected chi connectivity index (χ3v) is 5.63. The van der Waals surface area contributed by atoms with Gasteiger partial charge in [0.15, 0.2) is 0 Å². The second-order valence-electron chi connectivity index (χ2n) is 7.30. The normalized spacial score (nSPS) is 15.3. The van der Waals surface area contributed by atoms with Crippen LogP contribution in [0.25, 0.3) is 0 Å². The van der Waals surface area contributed by atoms with Gasteiger partial charge in [-0.15, -0.1) is 0 Å². The van der Waals surface area contributed by atoms with Crippen molar-refractivity contribution < 1.29 is 14.0 Å². The number of fused-ring (bicyclic) bond motifs is 1. The first-order valence-corrected chi connectivity index (χ1v) is 9.72.